The van der Waals surface area contributed by atoms with E-state index in [4.69, 9.17) is 4.84 Å². The average Bonchev–Trinajstić information content (AvgIpc) is 2.48. The number of carbonyl (C=O) groups is 1. The molecule has 0 aliphatic rings. The summed E-state index contributed by atoms with van der Waals surface area (Å²) < 4.78 is 1.69. The quantitative estimate of drug-likeness (QED) is 0.304. The van der Waals surface area contributed by atoms with Crippen LogP contribution in [0.5, 0.6) is 0 Å². The van der Waals surface area contributed by atoms with Gasteiger partial charge in [-0.15, -0.1) is 0 Å². The average molecular weight is 293 g/mol. The van der Waals surface area contributed by atoms with E-state index in [2.05, 4.69) is 23.8 Å². The van der Waals surface area contributed by atoms with E-state index in [0.717, 1.165) is 18.6 Å². The standard InChI is InChI=1S/C16H25N2O3/c1-4-6-7-15(5-2)13-20-18-10-8-16(9-11-18)12-17-21-14(3)19/h8-12,15H,4-7,13H2,1-3H3/q+1/b17-12+. The number of carbonyl (C=O) groups excluding carboxylic acids is 1. The van der Waals surface area contributed by atoms with E-state index < -0.39 is 5.97 Å². The summed E-state index contributed by atoms with van der Waals surface area (Å²) in [5.74, 6) is 0.168. The molecular weight excluding hydrogens is 268 g/mol. The van der Waals surface area contributed by atoms with E-state index in [1.807, 2.05) is 24.5 Å². The van der Waals surface area contributed by atoms with E-state index in [-0.39, 0.29) is 0 Å². The minimum atomic E-state index is -0.432. The molecule has 0 radical (unpaired) electrons. The fourth-order valence-electron chi connectivity index (χ4n) is 1.85. The van der Waals surface area contributed by atoms with Crippen LogP contribution in [0.1, 0.15) is 52.0 Å². The van der Waals surface area contributed by atoms with Crippen LogP contribution in [0, 0.1) is 5.92 Å². The van der Waals surface area contributed by atoms with E-state index in [0.29, 0.717) is 5.92 Å². The Kier molecular flexibility index (Phi) is 8.09. The van der Waals surface area contributed by atoms with Gasteiger partial charge in [0.05, 0.1) is 6.21 Å². The summed E-state index contributed by atoms with van der Waals surface area (Å²) in [6.07, 6.45) is 9.94. The van der Waals surface area contributed by atoms with Crippen molar-refractivity contribution in [3.05, 3.63) is 30.1 Å². The lowest BCUT2D eigenvalue weighted by Crippen LogP contribution is -2.44. The maximum absolute atomic E-state index is 10.6. The Morgan fingerprint density at radius 1 is 1.38 bits per heavy atom. The fourth-order valence-corrected chi connectivity index (χ4v) is 1.85. The molecule has 116 valence electrons. The third-order valence-electron chi connectivity index (χ3n) is 3.21. The minimum Gasteiger partial charge on any atom is -0.319 e. The Balaban J connectivity index is 2.43. The van der Waals surface area contributed by atoms with Crippen molar-refractivity contribution < 1.29 is 19.2 Å². The first-order valence-corrected chi connectivity index (χ1v) is 7.51. The molecule has 1 rings (SSSR count). The molecule has 1 aromatic heterocycles. The number of rotatable bonds is 9. The van der Waals surface area contributed by atoms with Crippen molar-refractivity contribution >= 4 is 12.2 Å². The summed E-state index contributed by atoms with van der Waals surface area (Å²) >= 11 is 0. The summed E-state index contributed by atoms with van der Waals surface area (Å²) in [4.78, 5) is 20.8. The Labute approximate surface area is 126 Å². The lowest BCUT2D eigenvalue weighted by atomic mass is 10.0. The van der Waals surface area contributed by atoms with Gasteiger partial charge in [-0.3, -0.25) is 4.84 Å². The molecule has 1 unspecified atom stereocenters. The Morgan fingerprint density at radius 3 is 2.67 bits per heavy atom. The second-order valence-electron chi connectivity index (χ2n) is 5.02. The van der Waals surface area contributed by atoms with Crippen molar-refractivity contribution in [1.82, 2.24) is 0 Å². The normalized spacial score (nSPS) is 12.3. The predicted molar refractivity (Wildman–Crippen MR) is 80.8 cm³/mol. The first kappa shape index (κ1) is 17.1. The summed E-state index contributed by atoms with van der Waals surface area (Å²) in [7, 11) is 0. The van der Waals surface area contributed by atoms with Crippen LogP contribution in [0.2, 0.25) is 0 Å². The van der Waals surface area contributed by atoms with Crippen LogP contribution >= 0.6 is 0 Å². The molecule has 1 heterocycles. The largest absolute Gasteiger partial charge is 0.331 e. The number of pyridine rings is 1. The lowest BCUT2D eigenvalue weighted by molar-refractivity contribution is -0.892. The van der Waals surface area contributed by atoms with Crippen molar-refractivity contribution in [1.29, 1.82) is 0 Å². The van der Waals surface area contributed by atoms with E-state index in [9.17, 15) is 4.79 Å². The summed E-state index contributed by atoms with van der Waals surface area (Å²) in [6, 6.07) is 3.69. The second kappa shape index (κ2) is 9.91. The second-order valence-corrected chi connectivity index (χ2v) is 5.02. The van der Waals surface area contributed by atoms with Crippen molar-refractivity contribution in [2.24, 2.45) is 11.1 Å². The zero-order chi connectivity index (χ0) is 15.5. The highest BCUT2D eigenvalue weighted by molar-refractivity contribution is 5.79. The Hall–Kier alpha value is -1.91. The molecule has 0 N–H and O–H groups in total. The summed E-state index contributed by atoms with van der Waals surface area (Å²) in [5, 5.41) is 3.57. The van der Waals surface area contributed by atoms with Gasteiger partial charge in [-0.1, -0.05) is 31.8 Å². The molecule has 0 spiro atoms. The number of hydrogen-bond acceptors (Lipinski definition) is 4. The van der Waals surface area contributed by atoms with Gasteiger partial charge in [0.1, 0.15) is 0 Å². The van der Waals surface area contributed by atoms with Crippen LogP contribution in [0.25, 0.3) is 0 Å². The van der Waals surface area contributed by atoms with E-state index >= 15 is 0 Å². The zero-order valence-corrected chi connectivity index (χ0v) is 13.1. The molecule has 0 fully saturated rings. The molecule has 1 aromatic rings. The van der Waals surface area contributed by atoms with Gasteiger partial charge in [0.2, 0.25) is 12.4 Å². The van der Waals surface area contributed by atoms with E-state index in [1.165, 1.54) is 32.4 Å². The maximum atomic E-state index is 10.6. The van der Waals surface area contributed by atoms with Crippen molar-refractivity contribution in [3.8, 4) is 0 Å². The molecule has 0 aliphatic carbocycles. The van der Waals surface area contributed by atoms with Crippen LogP contribution in [0.3, 0.4) is 0 Å². The van der Waals surface area contributed by atoms with Crippen LogP contribution in [-0.2, 0) is 9.63 Å². The molecular formula is C16H25N2O3+. The summed E-state index contributed by atoms with van der Waals surface area (Å²) in [5.41, 5.74) is 0.842. The monoisotopic (exact) mass is 293 g/mol. The van der Waals surface area contributed by atoms with Gasteiger partial charge in [-0.2, -0.15) is 0 Å². The van der Waals surface area contributed by atoms with Gasteiger partial charge in [0.15, 0.2) is 6.61 Å². The molecule has 1 atom stereocenters. The van der Waals surface area contributed by atoms with Gasteiger partial charge in [-0.05, 0) is 18.8 Å². The third-order valence-corrected chi connectivity index (χ3v) is 3.21. The van der Waals surface area contributed by atoms with Crippen molar-refractivity contribution in [2.75, 3.05) is 6.61 Å². The van der Waals surface area contributed by atoms with Crippen molar-refractivity contribution in [3.63, 3.8) is 0 Å². The zero-order valence-electron chi connectivity index (χ0n) is 13.1. The van der Waals surface area contributed by atoms with E-state index in [1.54, 1.807) is 4.73 Å². The van der Waals surface area contributed by atoms with Gasteiger partial charge >= 0.3 is 5.97 Å². The van der Waals surface area contributed by atoms with Gasteiger partial charge in [-0.25, -0.2) is 4.79 Å². The predicted octanol–water partition coefficient (Wildman–Crippen LogP) is 2.52. The van der Waals surface area contributed by atoms with Crippen LogP contribution in [0.15, 0.2) is 29.7 Å². The highest BCUT2D eigenvalue weighted by Gasteiger charge is 2.10. The van der Waals surface area contributed by atoms with Crippen molar-refractivity contribution in [2.45, 2.75) is 46.5 Å². The van der Waals surface area contributed by atoms with Gasteiger partial charge < -0.3 is 4.84 Å². The lowest BCUT2D eigenvalue weighted by Gasteiger charge is -2.11. The highest BCUT2D eigenvalue weighted by atomic mass is 16.7. The number of unbranched alkanes of at least 4 members (excludes halogenated alkanes) is 1. The molecule has 0 aliphatic heterocycles. The molecule has 0 saturated carbocycles. The number of aromatic nitrogens is 1. The van der Waals surface area contributed by atoms with Crippen LogP contribution < -0.4 is 9.57 Å². The smallest absolute Gasteiger partial charge is 0.319 e. The molecule has 0 amide bonds. The molecule has 5 heteroatoms. The van der Waals surface area contributed by atoms with Gasteiger partial charge in [0, 0.05) is 29.4 Å². The van der Waals surface area contributed by atoms with Crippen LogP contribution in [0.4, 0.5) is 0 Å². The molecule has 5 nitrogen and oxygen atoms in total. The Morgan fingerprint density at radius 2 is 2.10 bits per heavy atom. The number of oxime groups is 1. The molecule has 0 bridgehead atoms. The number of nitrogens with zero attached hydrogens (tertiary/aromatic N) is 2. The van der Waals surface area contributed by atoms with Gasteiger partial charge in [0.25, 0.3) is 0 Å². The number of hydrogen-bond donors (Lipinski definition) is 0. The molecule has 0 saturated heterocycles. The van der Waals surface area contributed by atoms with Crippen LogP contribution in [-0.4, -0.2) is 18.8 Å². The molecule has 0 aromatic carbocycles. The summed E-state index contributed by atoms with van der Waals surface area (Å²) in [6.45, 7) is 6.44. The first-order chi connectivity index (χ1) is 10.2. The first-order valence-electron chi connectivity index (χ1n) is 7.51. The maximum Gasteiger partial charge on any atom is 0.331 e. The Bertz CT molecular complexity index is 443. The highest BCUT2D eigenvalue weighted by Crippen LogP contribution is 2.11. The molecule has 21 heavy (non-hydrogen) atoms. The topological polar surface area (TPSA) is 51.8 Å². The SMILES string of the molecule is CCCCC(CC)CO[n+]1ccc(/C=N/OC(C)=O)cc1. The fraction of sp³-hybridized carbons (Fsp3) is 0.562. The third kappa shape index (κ3) is 7.44. The minimum absolute atomic E-state index is 0.432.